The predicted octanol–water partition coefficient (Wildman–Crippen LogP) is 3.81. The molecule has 0 bridgehead atoms. The second-order valence-corrected chi connectivity index (χ2v) is 8.53. The van der Waals surface area contributed by atoms with E-state index >= 15 is 0 Å². The summed E-state index contributed by atoms with van der Waals surface area (Å²) in [6.45, 7) is 12.7. The van der Waals surface area contributed by atoms with E-state index in [0.717, 1.165) is 41.2 Å². The van der Waals surface area contributed by atoms with Crippen LogP contribution in [0, 0.1) is 13.8 Å². The zero-order valence-corrected chi connectivity index (χ0v) is 18.8. The lowest BCUT2D eigenvalue weighted by Crippen LogP contribution is -2.43. The molecule has 0 aliphatic carbocycles. The van der Waals surface area contributed by atoms with Crippen molar-refractivity contribution < 1.29 is 9.47 Å². The number of hydrogen-bond acceptors (Lipinski definition) is 5. The Morgan fingerprint density at radius 2 is 1.86 bits per heavy atom. The van der Waals surface area contributed by atoms with Gasteiger partial charge in [0.2, 0.25) is 0 Å². The van der Waals surface area contributed by atoms with Gasteiger partial charge in [0.05, 0.1) is 31.5 Å². The van der Waals surface area contributed by atoms with Gasteiger partial charge >= 0.3 is 0 Å². The highest BCUT2D eigenvalue weighted by Gasteiger charge is 2.22. The van der Waals surface area contributed by atoms with Crippen molar-refractivity contribution in [1.29, 1.82) is 0 Å². The average Bonchev–Trinajstić information content (AvgIpc) is 3.00. The number of thiazole rings is 1. The normalized spacial score (nSPS) is 12.0. The zero-order chi connectivity index (χ0) is 20.7. The SMILES string of the molecule is CCNC(=NCc1sc(C)nc1C)NCC(C)(C)c1ccc(OC)c(OC)c1. The first-order chi connectivity index (χ1) is 13.3. The van der Waals surface area contributed by atoms with Gasteiger partial charge in [0, 0.05) is 23.4 Å². The maximum Gasteiger partial charge on any atom is 0.191 e. The molecule has 154 valence electrons. The molecule has 0 saturated heterocycles. The maximum absolute atomic E-state index is 5.45. The molecule has 0 fully saturated rings. The molecule has 0 aliphatic heterocycles. The number of methoxy groups -OCH3 is 2. The predicted molar refractivity (Wildman–Crippen MR) is 117 cm³/mol. The monoisotopic (exact) mass is 404 g/mol. The van der Waals surface area contributed by atoms with Crippen molar-refractivity contribution >= 4 is 17.3 Å². The van der Waals surface area contributed by atoms with Crippen LogP contribution >= 0.6 is 11.3 Å². The Bertz CT molecular complexity index is 815. The number of ether oxygens (including phenoxy) is 2. The summed E-state index contributed by atoms with van der Waals surface area (Å²) in [6.07, 6.45) is 0. The first-order valence-corrected chi connectivity index (χ1v) is 10.3. The number of aryl methyl sites for hydroxylation is 2. The molecule has 1 heterocycles. The van der Waals surface area contributed by atoms with Crippen LogP contribution in [-0.4, -0.2) is 38.3 Å². The minimum atomic E-state index is -0.118. The summed E-state index contributed by atoms with van der Waals surface area (Å²) in [5.74, 6) is 2.28. The molecule has 0 atom stereocenters. The third kappa shape index (κ3) is 5.61. The van der Waals surface area contributed by atoms with Gasteiger partial charge in [0.1, 0.15) is 0 Å². The Hall–Kier alpha value is -2.28. The minimum Gasteiger partial charge on any atom is -0.493 e. The number of aliphatic imine (C=N–C) groups is 1. The standard InChI is InChI=1S/C21H32N4O2S/c1-8-22-20(23-12-19-14(2)25-15(3)28-19)24-13-21(4,5)16-9-10-17(26-6)18(11-16)27-7/h9-11H,8,12-13H2,1-7H3,(H2,22,23,24). The molecule has 7 heteroatoms. The molecule has 1 aromatic carbocycles. The summed E-state index contributed by atoms with van der Waals surface area (Å²) in [6, 6.07) is 6.06. The molecule has 0 saturated carbocycles. The van der Waals surface area contributed by atoms with Crippen LogP contribution in [-0.2, 0) is 12.0 Å². The van der Waals surface area contributed by atoms with E-state index in [1.807, 2.05) is 26.0 Å². The van der Waals surface area contributed by atoms with Gasteiger partial charge in [0.15, 0.2) is 17.5 Å². The van der Waals surface area contributed by atoms with Gasteiger partial charge in [-0.2, -0.15) is 0 Å². The number of aromatic nitrogens is 1. The first-order valence-electron chi connectivity index (χ1n) is 9.48. The van der Waals surface area contributed by atoms with Crippen LogP contribution in [0.15, 0.2) is 23.2 Å². The van der Waals surface area contributed by atoms with Crippen LogP contribution in [0.3, 0.4) is 0 Å². The lowest BCUT2D eigenvalue weighted by Gasteiger charge is -2.27. The number of guanidine groups is 1. The van der Waals surface area contributed by atoms with E-state index in [1.54, 1.807) is 25.6 Å². The fraction of sp³-hybridized carbons (Fsp3) is 0.524. The van der Waals surface area contributed by atoms with Crippen molar-refractivity contribution in [3.63, 3.8) is 0 Å². The van der Waals surface area contributed by atoms with Crippen molar-refractivity contribution in [2.24, 2.45) is 4.99 Å². The number of benzene rings is 1. The highest BCUT2D eigenvalue weighted by atomic mass is 32.1. The molecule has 0 amide bonds. The van der Waals surface area contributed by atoms with Gasteiger partial charge < -0.3 is 20.1 Å². The van der Waals surface area contributed by atoms with Gasteiger partial charge in [0.25, 0.3) is 0 Å². The van der Waals surface area contributed by atoms with Crippen molar-refractivity contribution in [2.45, 2.75) is 46.6 Å². The van der Waals surface area contributed by atoms with Crippen molar-refractivity contribution in [2.75, 3.05) is 27.3 Å². The van der Waals surface area contributed by atoms with E-state index in [-0.39, 0.29) is 5.41 Å². The summed E-state index contributed by atoms with van der Waals surface area (Å²) in [5.41, 5.74) is 2.11. The topological polar surface area (TPSA) is 67.8 Å². The second kappa shape index (κ2) is 9.78. The molecule has 0 spiro atoms. The van der Waals surface area contributed by atoms with E-state index < -0.39 is 0 Å². The number of nitrogens with one attached hydrogen (secondary N) is 2. The van der Waals surface area contributed by atoms with Crippen molar-refractivity contribution in [3.05, 3.63) is 39.3 Å². The number of hydrogen-bond donors (Lipinski definition) is 2. The lowest BCUT2D eigenvalue weighted by atomic mass is 9.84. The van der Waals surface area contributed by atoms with Gasteiger partial charge in [-0.3, -0.25) is 0 Å². The highest BCUT2D eigenvalue weighted by molar-refractivity contribution is 7.11. The minimum absolute atomic E-state index is 0.118. The molecule has 0 aliphatic rings. The van der Waals surface area contributed by atoms with Crippen LogP contribution in [0.2, 0.25) is 0 Å². The zero-order valence-electron chi connectivity index (χ0n) is 18.0. The quantitative estimate of drug-likeness (QED) is 0.517. The highest BCUT2D eigenvalue weighted by Crippen LogP contribution is 2.32. The second-order valence-electron chi connectivity index (χ2n) is 7.24. The Kier molecular flexibility index (Phi) is 7.69. The van der Waals surface area contributed by atoms with Gasteiger partial charge in [-0.15, -0.1) is 11.3 Å². The first kappa shape index (κ1) is 22.0. The fourth-order valence-corrected chi connectivity index (χ4v) is 3.74. The molecule has 0 unspecified atom stereocenters. The lowest BCUT2D eigenvalue weighted by molar-refractivity contribution is 0.353. The maximum atomic E-state index is 5.45. The molecule has 2 aromatic rings. The van der Waals surface area contributed by atoms with E-state index in [0.29, 0.717) is 6.54 Å². The van der Waals surface area contributed by atoms with Gasteiger partial charge in [-0.25, -0.2) is 9.98 Å². The fourth-order valence-electron chi connectivity index (χ4n) is 2.88. The van der Waals surface area contributed by atoms with Gasteiger partial charge in [-0.1, -0.05) is 19.9 Å². The largest absolute Gasteiger partial charge is 0.493 e. The summed E-state index contributed by atoms with van der Waals surface area (Å²) < 4.78 is 10.8. The molecule has 2 N–H and O–H groups in total. The molecule has 2 rings (SSSR count). The van der Waals surface area contributed by atoms with E-state index in [1.165, 1.54) is 10.4 Å². The van der Waals surface area contributed by atoms with Gasteiger partial charge in [-0.05, 0) is 38.5 Å². The Morgan fingerprint density at radius 1 is 1.14 bits per heavy atom. The van der Waals surface area contributed by atoms with Crippen LogP contribution in [0.5, 0.6) is 11.5 Å². The Balaban J connectivity index is 2.10. The number of nitrogens with zero attached hydrogens (tertiary/aromatic N) is 2. The van der Waals surface area contributed by atoms with E-state index in [4.69, 9.17) is 14.5 Å². The Labute approximate surface area is 172 Å². The molecular weight excluding hydrogens is 372 g/mol. The Morgan fingerprint density at radius 3 is 2.43 bits per heavy atom. The average molecular weight is 405 g/mol. The molecule has 6 nitrogen and oxygen atoms in total. The summed E-state index contributed by atoms with van der Waals surface area (Å²) in [7, 11) is 3.31. The third-order valence-corrected chi connectivity index (χ3v) is 5.64. The summed E-state index contributed by atoms with van der Waals surface area (Å²) in [4.78, 5) is 10.4. The van der Waals surface area contributed by atoms with Crippen LogP contribution < -0.4 is 20.1 Å². The van der Waals surface area contributed by atoms with E-state index in [2.05, 4.69) is 42.5 Å². The van der Waals surface area contributed by atoms with Crippen LogP contribution in [0.25, 0.3) is 0 Å². The van der Waals surface area contributed by atoms with Crippen molar-refractivity contribution in [1.82, 2.24) is 15.6 Å². The van der Waals surface area contributed by atoms with Crippen LogP contribution in [0.1, 0.15) is 41.9 Å². The molecular formula is C21H32N4O2S. The third-order valence-electron chi connectivity index (χ3n) is 4.59. The van der Waals surface area contributed by atoms with Crippen molar-refractivity contribution in [3.8, 4) is 11.5 Å². The molecule has 1 aromatic heterocycles. The van der Waals surface area contributed by atoms with Crippen LogP contribution in [0.4, 0.5) is 0 Å². The molecule has 0 radical (unpaired) electrons. The summed E-state index contributed by atoms with van der Waals surface area (Å²) in [5, 5.41) is 7.87. The van der Waals surface area contributed by atoms with E-state index in [9.17, 15) is 0 Å². The smallest absolute Gasteiger partial charge is 0.191 e. The summed E-state index contributed by atoms with van der Waals surface area (Å²) >= 11 is 1.70. The number of rotatable bonds is 8. The molecule has 28 heavy (non-hydrogen) atoms.